The number of alkyl halides is 3. The molecule has 0 spiro atoms. The first kappa shape index (κ1) is 23.1. The minimum Gasteiger partial charge on any atom is -0.367 e. The Morgan fingerprint density at radius 3 is 2.44 bits per heavy atom. The average molecular weight is 466 g/mol. The Hall–Kier alpha value is -3.60. The van der Waals surface area contributed by atoms with E-state index in [0.29, 0.717) is 24.0 Å². The summed E-state index contributed by atoms with van der Waals surface area (Å²) in [7, 11) is 0. The fourth-order valence-corrected chi connectivity index (χ4v) is 2.72. The number of hydrogen-bond donors (Lipinski definition) is 4. The molecule has 3 aromatic rings. The van der Waals surface area contributed by atoms with Crippen molar-refractivity contribution in [1.29, 1.82) is 0 Å². The molecule has 0 saturated carbocycles. The maximum atomic E-state index is 12.8. The number of aryl methyl sites for hydroxylation is 1. The number of anilines is 4. The Bertz CT molecular complexity index is 1080. The summed E-state index contributed by atoms with van der Waals surface area (Å²) in [4.78, 5) is 16.1. The number of nitrogens with one attached hydrogen (secondary N) is 4. The van der Waals surface area contributed by atoms with Gasteiger partial charge in [-0.1, -0.05) is 11.6 Å². The van der Waals surface area contributed by atoms with E-state index in [1.54, 1.807) is 18.3 Å². The van der Waals surface area contributed by atoms with Crippen LogP contribution in [0.1, 0.15) is 11.1 Å². The second-order valence-electron chi connectivity index (χ2n) is 6.65. The molecule has 0 atom stereocenters. The molecule has 0 saturated heterocycles. The monoisotopic (exact) mass is 465 g/mol. The molecular weight excluding hydrogens is 447 g/mol. The standard InChI is InChI=1S/C20H19ClF3N7O/c1-12-6-7-25-18(10-12)29-17-5-4-16(30-31-17)26-8-9-27-19(32)28-15-11-13(20(22,23)24)2-3-14(15)21/h2-7,10-11H,8-9H2,1H3,(H,26,30)(H,25,29,31)(H2,27,28,32). The van der Waals surface area contributed by atoms with Gasteiger partial charge in [-0.2, -0.15) is 13.2 Å². The van der Waals surface area contributed by atoms with Crippen molar-refractivity contribution in [3.63, 3.8) is 0 Å². The number of carbonyl (C=O) groups is 1. The zero-order chi connectivity index (χ0) is 23.1. The third kappa shape index (κ3) is 6.71. The molecule has 0 unspecified atom stereocenters. The quantitative estimate of drug-likeness (QED) is 0.373. The van der Waals surface area contributed by atoms with Crippen molar-refractivity contribution in [2.75, 3.05) is 29.0 Å². The lowest BCUT2D eigenvalue weighted by Crippen LogP contribution is -2.32. The van der Waals surface area contributed by atoms with E-state index in [4.69, 9.17) is 11.6 Å². The number of benzene rings is 1. The maximum absolute atomic E-state index is 12.8. The van der Waals surface area contributed by atoms with E-state index in [1.165, 1.54) is 0 Å². The van der Waals surface area contributed by atoms with Gasteiger partial charge in [0.2, 0.25) is 0 Å². The largest absolute Gasteiger partial charge is 0.416 e. The molecule has 0 fully saturated rings. The summed E-state index contributed by atoms with van der Waals surface area (Å²) in [6.45, 7) is 2.44. The van der Waals surface area contributed by atoms with Crippen molar-refractivity contribution in [3.8, 4) is 0 Å². The molecular formula is C20H19ClF3N7O. The smallest absolute Gasteiger partial charge is 0.367 e. The fraction of sp³-hybridized carbons (Fsp3) is 0.200. The van der Waals surface area contributed by atoms with Gasteiger partial charge in [-0.15, -0.1) is 10.2 Å². The summed E-state index contributed by atoms with van der Waals surface area (Å²) >= 11 is 5.86. The molecule has 1 aromatic carbocycles. The summed E-state index contributed by atoms with van der Waals surface area (Å²) in [5.41, 5.74) is 0.0122. The van der Waals surface area contributed by atoms with Gasteiger partial charge in [0.25, 0.3) is 0 Å². The number of urea groups is 1. The minimum absolute atomic E-state index is 0.00360. The van der Waals surface area contributed by atoms with Gasteiger partial charge in [0, 0.05) is 19.3 Å². The van der Waals surface area contributed by atoms with Crippen molar-refractivity contribution in [1.82, 2.24) is 20.5 Å². The first-order chi connectivity index (χ1) is 15.2. The van der Waals surface area contributed by atoms with Gasteiger partial charge in [-0.05, 0) is 55.0 Å². The normalized spacial score (nSPS) is 11.0. The van der Waals surface area contributed by atoms with Crippen LogP contribution in [0, 0.1) is 6.92 Å². The van der Waals surface area contributed by atoms with E-state index in [1.807, 2.05) is 19.1 Å². The Balaban J connectivity index is 1.44. The van der Waals surface area contributed by atoms with Crippen LogP contribution in [0.15, 0.2) is 48.7 Å². The van der Waals surface area contributed by atoms with Crippen molar-refractivity contribution < 1.29 is 18.0 Å². The molecule has 3 rings (SSSR count). The molecule has 0 bridgehead atoms. The number of hydrogen-bond acceptors (Lipinski definition) is 6. The van der Waals surface area contributed by atoms with E-state index in [0.717, 1.165) is 23.8 Å². The molecule has 2 heterocycles. The van der Waals surface area contributed by atoms with Gasteiger partial charge in [-0.25, -0.2) is 9.78 Å². The van der Waals surface area contributed by atoms with E-state index in [9.17, 15) is 18.0 Å². The average Bonchev–Trinajstić information content (AvgIpc) is 2.73. The van der Waals surface area contributed by atoms with Gasteiger partial charge >= 0.3 is 12.2 Å². The third-order valence-electron chi connectivity index (χ3n) is 4.09. The number of amides is 2. The number of rotatable bonds is 7. The van der Waals surface area contributed by atoms with Crippen LogP contribution in [0.4, 0.5) is 41.1 Å². The molecule has 0 aliphatic rings. The summed E-state index contributed by atoms with van der Waals surface area (Å²) in [6, 6.07) is 9.18. The predicted molar refractivity (Wildman–Crippen MR) is 116 cm³/mol. The number of pyridine rings is 1. The highest BCUT2D eigenvalue weighted by atomic mass is 35.5. The second kappa shape index (κ2) is 10.1. The van der Waals surface area contributed by atoms with Crippen LogP contribution in [0.2, 0.25) is 5.02 Å². The summed E-state index contributed by atoms with van der Waals surface area (Å²) in [5, 5.41) is 18.9. The van der Waals surface area contributed by atoms with Gasteiger partial charge in [-0.3, -0.25) is 0 Å². The maximum Gasteiger partial charge on any atom is 0.416 e. The van der Waals surface area contributed by atoms with Gasteiger partial charge in [0.05, 0.1) is 16.3 Å². The molecule has 0 aliphatic carbocycles. The Labute approximate surface area is 186 Å². The number of halogens is 4. The van der Waals surface area contributed by atoms with Crippen LogP contribution in [0.5, 0.6) is 0 Å². The zero-order valence-corrected chi connectivity index (χ0v) is 17.6. The molecule has 2 amide bonds. The van der Waals surface area contributed by atoms with Gasteiger partial charge in [0.1, 0.15) is 11.6 Å². The molecule has 4 N–H and O–H groups in total. The van der Waals surface area contributed by atoms with Crippen molar-refractivity contribution in [2.45, 2.75) is 13.1 Å². The van der Waals surface area contributed by atoms with Crippen LogP contribution in [0.3, 0.4) is 0 Å². The van der Waals surface area contributed by atoms with Crippen molar-refractivity contribution >= 4 is 40.8 Å². The highest BCUT2D eigenvalue weighted by Crippen LogP contribution is 2.33. The van der Waals surface area contributed by atoms with E-state index >= 15 is 0 Å². The first-order valence-corrected chi connectivity index (χ1v) is 9.77. The van der Waals surface area contributed by atoms with E-state index < -0.39 is 17.8 Å². The highest BCUT2D eigenvalue weighted by molar-refractivity contribution is 6.33. The topological polar surface area (TPSA) is 104 Å². The highest BCUT2D eigenvalue weighted by Gasteiger charge is 2.31. The molecule has 8 nitrogen and oxygen atoms in total. The van der Waals surface area contributed by atoms with Crippen LogP contribution < -0.4 is 21.3 Å². The van der Waals surface area contributed by atoms with E-state index in [2.05, 4.69) is 36.4 Å². The van der Waals surface area contributed by atoms with Crippen LogP contribution >= 0.6 is 11.6 Å². The van der Waals surface area contributed by atoms with Crippen LogP contribution in [-0.2, 0) is 6.18 Å². The zero-order valence-electron chi connectivity index (χ0n) is 16.8. The summed E-state index contributed by atoms with van der Waals surface area (Å²) in [6.07, 6.45) is -2.85. The Morgan fingerprint density at radius 2 is 1.75 bits per heavy atom. The van der Waals surface area contributed by atoms with Gasteiger partial charge < -0.3 is 21.3 Å². The van der Waals surface area contributed by atoms with Crippen molar-refractivity contribution in [2.24, 2.45) is 0 Å². The van der Waals surface area contributed by atoms with E-state index in [-0.39, 0.29) is 17.3 Å². The SMILES string of the molecule is Cc1ccnc(Nc2ccc(NCCNC(=O)Nc3cc(C(F)(F)F)ccc3Cl)nn2)c1. The lowest BCUT2D eigenvalue weighted by atomic mass is 10.2. The van der Waals surface area contributed by atoms with Crippen molar-refractivity contribution in [3.05, 3.63) is 64.8 Å². The molecule has 168 valence electrons. The van der Waals surface area contributed by atoms with Crippen LogP contribution in [-0.4, -0.2) is 34.3 Å². The minimum atomic E-state index is -4.54. The molecule has 12 heteroatoms. The molecule has 2 aromatic heterocycles. The first-order valence-electron chi connectivity index (χ1n) is 9.39. The number of nitrogens with zero attached hydrogens (tertiary/aromatic N) is 3. The summed E-state index contributed by atoms with van der Waals surface area (Å²) in [5.74, 6) is 1.65. The predicted octanol–water partition coefficient (Wildman–Crippen LogP) is 4.83. The molecule has 0 radical (unpaired) electrons. The Morgan fingerprint density at radius 1 is 1.00 bits per heavy atom. The lowest BCUT2D eigenvalue weighted by Gasteiger charge is -2.12. The van der Waals surface area contributed by atoms with Crippen LogP contribution in [0.25, 0.3) is 0 Å². The lowest BCUT2D eigenvalue weighted by molar-refractivity contribution is -0.137. The third-order valence-corrected chi connectivity index (χ3v) is 4.42. The number of aromatic nitrogens is 3. The Kier molecular flexibility index (Phi) is 7.31. The summed E-state index contributed by atoms with van der Waals surface area (Å²) < 4.78 is 38.4. The fourth-order valence-electron chi connectivity index (χ4n) is 2.56. The molecule has 0 aliphatic heterocycles. The second-order valence-corrected chi connectivity index (χ2v) is 7.05. The number of carbonyl (C=O) groups excluding carboxylic acids is 1. The molecule has 32 heavy (non-hydrogen) atoms. The van der Waals surface area contributed by atoms with Gasteiger partial charge in [0.15, 0.2) is 5.82 Å².